The summed E-state index contributed by atoms with van der Waals surface area (Å²) in [6, 6.07) is 17.8. The molecule has 0 amide bonds. The van der Waals surface area contributed by atoms with Crippen molar-refractivity contribution in [1.29, 1.82) is 0 Å². The number of pyridine rings is 1. The van der Waals surface area contributed by atoms with Crippen molar-refractivity contribution in [3.63, 3.8) is 0 Å². The molecule has 1 heterocycles. The average Bonchev–Trinajstić information content (AvgIpc) is 2.66. The summed E-state index contributed by atoms with van der Waals surface area (Å²) in [6.45, 7) is 1.13. The van der Waals surface area contributed by atoms with E-state index in [0.717, 1.165) is 16.6 Å². The molecular formula is C20H21N3O4. The molecule has 0 bridgehead atoms. The second-order valence-corrected chi connectivity index (χ2v) is 6.41. The first-order chi connectivity index (χ1) is 13.0. The monoisotopic (exact) mass is 367 g/mol. The van der Waals surface area contributed by atoms with E-state index in [1.807, 2.05) is 48.3 Å². The fraction of sp³-hybridized carbons (Fsp3) is 0.250. The van der Waals surface area contributed by atoms with E-state index in [9.17, 15) is 15.2 Å². The predicted molar refractivity (Wildman–Crippen MR) is 103 cm³/mol. The lowest BCUT2D eigenvalue weighted by Gasteiger charge is -2.20. The summed E-state index contributed by atoms with van der Waals surface area (Å²) in [5, 5.41) is 21.9. The van der Waals surface area contributed by atoms with Crippen molar-refractivity contribution in [3.05, 3.63) is 76.5 Å². The number of rotatable bonds is 8. The lowest BCUT2D eigenvalue weighted by molar-refractivity contribution is -0.384. The zero-order valence-corrected chi connectivity index (χ0v) is 15.0. The van der Waals surface area contributed by atoms with Crippen molar-refractivity contribution in [3.8, 4) is 5.75 Å². The van der Waals surface area contributed by atoms with Gasteiger partial charge in [-0.05, 0) is 31.3 Å². The maximum absolute atomic E-state index is 10.6. The van der Waals surface area contributed by atoms with E-state index in [0.29, 0.717) is 18.8 Å². The minimum Gasteiger partial charge on any atom is -0.491 e. The molecule has 140 valence electrons. The van der Waals surface area contributed by atoms with Gasteiger partial charge in [-0.25, -0.2) is 0 Å². The van der Waals surface area contributed by atoms with Crippen LogP contribution in [-0.4, -0.2) is 46.2 Å². The van der Waals surface area contributed by atoms with Crippen LogP contribution in [0.25, 0.3) is 10.9 Å². The van der Waals surface area contributed by atoms with Crippen molar-refractivity contribution in [2.45, 2.75) is 12.6 Å². The Morgan fingerprint density at radius 1 is 1.15 bits per heavy atom. The Labute approximate surface area is 157 Å². The molecule has 0 saturated heterocycles. The summed E-state index contributed by atoms with van der Waals surface area (Å²) < 4.78 is 5.50. The van der Waals surface area contributed by atoms with Crippen LogP contribution in [0.15, 0.2) is 60.7 Å². The molecule has 3 aromatic rings. The minimum absolute atomic E-state index is 0.00511. The fourth-order valence-corrected chi connectivity index (χ4v) is 2.81. The van der Waals surface area contributed by atoms with Crippen LogP contribution in [0.2, 0.25) is 0 Å². The zero-order valence-electron chi connectivity index (χ0n) is 15.0. The number of benzene rings is 2. The van der Waals surface area contributed by atoms with E-state index >= 15 is 0 Å². The molecule has 27 heavy (non-hydrogen) atoms. The number of aromatic nitrogens is 1. The van der Waals surface area contributed by atoms with Gasteiger partial charge in [-0.15, -0.1) is 0 Å². The highest BCUT2D eigenvalue weighted by Gasteiger charge is 2.11. The second-order valence-electron chi connectivity index (χ2n) is 6.41. The summed E-state index contributed by atoms with van der Waals surface area (Å²) in [5.74, 6) is 0.485. The summed E-state index contributed by atoms with van der Waals surface area (Å²) in [6.07, 6.45) is -0.689. The van der Waals surface area contributed by atoms with Crippen LogP contribution in [0.3, 0.4) is 0 Å². The molecule has 2 aromatic carbocycles. The first-order valence-electron chi connectivity index (χ1n) is 8.60. The summed E-state index contributed by atoms with van der Waals surface area (Å²) >= 11 is 0. The van der Waals surface area contributed by atoms with Gasteiger partial charge in [0, 0.05) is 30.6 Å². The molecule has 7 heteroatoms. The summed E-state index contributed by atoms with van der Waals surface area (Å²) in [5.41, 5.74) is 1.88. The Kier molecular flexibility index (Phi) is 5.95. The molecule has 1 atom stereocenters. The highest BCUT2D eigenvalue weighted by molar-refractivity contribution is 5.78. The summed E-state index contributed by atoms with van der Waals surface area (Å²) in [4.78, 5) is 16.8. The largest absolute Gasteiger partial charge is 0.491 e. The third-order valence-corrected chi connectivity index (χ3v) is 4.10. The topological polar surface area (TPSA) is 88.7 Å². The highest BCUT2D eigenvalue weighted by Crippen LogP contribution is 2.17. The van der Waals surface area contributed by atoms with Gasteiger partial charge in [0.2, 0.25) is 0 Å². The maximum atomic E-state index is 10.6. The Bertz CT molecular complexity index is 915. The molecule has 0 saturated carbocycles. The van der Waals surface area contributed by atoms with Crippen LogP contribution in [-0.2, 0) is 6.54 Å². The van der Waals surface area contributed by atoms with Crippen LogP contribution in [0.4, 0.5) is 5.69 Å². The Morgan fingerprint density at radius 3 is 2.63 bits per heavy atom. The van der Waals surface area contributed by atoms with Crippen molar-refractivity contribution < 1.29 is 14.8 Å². The molecule has 1 aromatic heterocycles. The van der Waals surface area contributed by atoms with Gasteiger partial charge in [0.25, 0.3) is 5.69 Å². The molecule has 3 rings (SSSR count). The zero-order chi connectivity index (χ0) is 19.2. The van der Waals surface area contributed by atoms with Crippen molar-refractivity contribution in [2.75, 3.05) is 20.2 Å². The smallest absolute Gasteiger partial charge is 0.269 e. The van der Waals surface area contributed by atoms with Crippen LogP contribution in [0.5, 0.6) is 5.75 Å². The Morgan fingerprint density at radius 2 is 1.89 bits per heavy atom. The lowest BCUT2D eigenvalue weighted by atomic mass is 10.2. The van der Waals surface area contributed by atoms with Crippen molar-refractivity contribution >= 4 is 16.6 Å². The molecule has 0 spiro atoms. The van der Waals surface area contributed by atoms with E-state index < -0.39 is 11.0 Å². The molecule has 1 N–H and O–H groups in total. The fourth-order valence-electron chi connectivity index (χ4n) is 2.81. The first kappa shape index (κ1) is 18.8. The molecule has 0 radical (unpaired) electrons. The number of likely N-dealkylation sites (N-methyl/N-ethyl adjacent to an activating group) is 1. The van der Waals surface area contributed by atoms with Gasteiger partial charge in [-0.3, -0.25) is 20.0 Å². The van der Waals surface area contributed by atoms with Crippen molar-refractivity contribution in [1.82, 2.24) is 9.88 Å². The molecule has 0 aliphatic rings. The van der Waals surface area contributed by atoms with Crippen molar-refractivity contribution in [2.24, 2.45) is 0 Å². The Hall–Kier alpha value is -3.03. The normalized spacial score (nSPS) is 12.3. The van der Waals surface area contributed by atoms with E-state index in [4.69, 9.17) is 4.74 Å². The van der Waals surface area contributed by atoms with Crippen LogP contribution in [0.1, 0.15) is 5.69 Å². The third-order valence-electron chi connectivity index (χ3n) is 4.10. The van der Waals surface area contributed by atoms with E-state index in [1.54, 1.807) is 0 Å². The maximum Gasteiger partial charge on any atom is 0.269 e. The number of hydrogen-bond acceptors (Lipinski definition) is 6. The Balaban J connectivity index is 1.49. The van der Waals surface area contributed by atoms with E-state index in [1.165, 1.54) is 24.3 Å². The number of nitro groups is 1. The lowest BCUT2D eigenvalue weighted by Crippen LogP contribution is -2.33. The van der Waals surface area contributed by atoms with E-state index in [2.05, 4.69) is 4.98 Å². The number of aliphatic hydroxyl groups is 1. The van der Waals surface area contributed by atoms with Crippen LogP contribution in [0, 0.1) is 10.1 Å². The van der Waals surface area contributed by atoms with Gasteiger partial charge in [-0.1, -0.05) is 24.3 Å². The molecule has 0 aliphatic carbocycles. The molecule has 7 nitrogen and oxygen atoms in total. The number of nitrogens with zero attached hydrogens (tertiary/aromatic N) is 3. The average molecular weight is 367 g/mol. The number of nitro benzene ring substituents is 1. The number of hydrogen-bond donors (Lipinski definition) is 1. The first-order valence-corrected chi connectivity index (χ1v) is 8.60. The molecule has 0 aliphatic heterocycles. The highest BCUT2D eigenvalue weighted by atomic mass is 16.6. The van der Waals surface area contributed by atoms with Gasteiger partial charge in [0.1, 0.15) is 18.5 Å². The summed E-state index contributed by atoms with van der Waals surface area (Å²) in [7, 11) is 1.91. The molecule has 0 fully saturated rings. The quantitative estimate of drug-likeness (QED) is 0.486. The number of ether oxygens (including phenoxy) is 1. The van der Waals surface area contributed by atoms with Gasteiger partial charge in [0.05, 0.1) is 16.1 Å². The standard InChI is InChI=1S/C20H21N3O4/c1-22(12-16-7-6-15-4-2-3-5-20(15)21-16)13-18(24)14-27-19-10-8-17(9-11-19)23(25)26/h2-11,18,24H,12-14H2,1H3/t18-/m0/s1. The van der Waals surface area contributed by atoms with Gasteiger partial charge >= 0.3 is 0 Å². The minimum atomic E-state index is -0.689. The molecule has 0 unspecified atom stereocenters. The van der Waals surface area contributed by atoms with Gasteiger partial charge in [0.15, 0.2) is 0 Å². The number of para-hydroxylation sites is 1. The number of non-ortho nitro benzene ring substituents is 1. The van der Waals surface area contributed by atoms with Crippen LogP contribution < -0.4 is 4.74 Å². The van der Waals surface area contributed by atoms with Gasteiger partial charge < -0.3 is 9.84 Å². The van der Waals surface area contributed by atoms with E-state index in [-0.39, 0.29) is 12.3 Å². The predicted octanol–water partition coefficient (Wildman–Crippen LogP) is 3.01. The third kappa shape index (κ3) is 5.22. The van der Waals surface area contributed by atoms with Crippen LogP contribution >= 0.6 is 0 Å². The number of fused-ring (bicyclic) bond motifs is 1. The second kappa shape index (κ2) is 8.57. The SMILES string of the molecule is CN(Cc1ccc2ccccc2n1)C[C@H](O)COc1ccc([N+](=O)[O-])cc1. The van der Waals surface area contributed by atoms with Gasteiger partial charge in [-0.2, -0.15) is 0 Å². The number of aliphatic hydroxyl groups excluding tert-OH is 1. The molecular weight excluding hydrogens is 346 g/mol.